The van der Waals surface area contributed by atoms with Gasteiger partial charge in [-0.15, -0.1) is 0 Å². The molecular formula is C19H28O2. The largest absolute Gasteiger partial charge is 0.469 e. The van der Waals surface area contributed by atoms with Crippen LogP contribution in [0, 0.1) is 39.5 Å². The summed E-state index contributed by atoms with van der Waals surface area (Å²) < 4.78 is 4.87. The smallest absolute Gasteiger partial charge is 0.308 e. The average Bonchev–Trinajstić information content (AvgIpc) is 3.22. The molecule has 2 nitrogen and oxygen atoms in total. The lowest BCUT2D eigenvalue weighted by Gasteiger charge is -2.23. The highest BCUT2D eigenvalue weighted by molar-refractivity contribution is 5.75. The quantitative estimate of drug-likeness (QED) is 0.739. The number of carbonyl (C=O) groups is 1. The third-order valence-corrected chi connectivity index (χ3v) is 5.34. The molecule has 0 radical (unpaired) electrons. The molecule has 2 heteroatoms. The number of rotatable bonds is 5. The molecule has 21 heavy (non-hydrogen) atoms. The normalized spacial score (nSPS) is 22.0. The van der Waals surface area contributed by atoms with Gasteiger partial charge >= 0.3 is 5.97 Å². The van der Waals surface area contributed by atoms with Gasteiger partial charge in [0.1, 0.15) is 0 Å². The van der Waals surface area contributed by atoms with Gasteiger partial charge in [-0.2, -0.15) is 0 Å². The maximum atomic E-state index is 11.6. The van der Waals surface area contributed by atoms with Crippen LogP contribution < -0.4 is 0 Å². The molecular weight excluding hydrogens is 260 g/mol. The Morgan fingerprint density at radius 1 is 1.24 bits per heavy atom. The van der Waals surface area contributed by atoms with Gasteiger partial charge in [-0.25, -0.2) is 0 Å². The fourth-order valence-electron chi connectivity index (χ4n) is 3.66. The molecule has 0 aliphatic heterocycles. The predicted octanol–water partition coefficient (Wildman–Crippen LogP) is 4.61. The number of ether oxygens (including phenoxy) is 1. The van der Waals surface area contributed by atoms with Crippen LogP contribution in [0.5, 0.6) is 0 Å². The number of aryl methyl sites for hydroxylation is 2. The molecule has 3 unspecified atom stereocenters. The topological polar surface area (TPSA) is 26.3 Å². The zero-order valence-electron chi connectivity index (χ0n) is 14.2. The highest BCUT2D eigenvalue weighted by Crippen LogP contribution is 2.47. The molecule has 1 saturated carbocycles. The predicted molar refractivity (Wildman–Crippen MR) is 86.7 cm³/mol. The number of methoxy groups -OCH3 is 1. The van der Waals surface area contributed by atoms with E-state index in [1.165, 1.54) is 34.9 Å². The Kier molecular flexibility index (Phi) is 4.75. The van der Waals surface area contributed by atoms with Crippen molar-refractivity contribution in [3.05, 3.63) is 33.9 Å². The summed E-state index contributed by atoms with van der Waals surface area (Å²) in [7, 11) is 1.49. The van der Waals surface area contributed by atoms with E-state index in [1.54, 1.807) is 0 Å². The summed E-state index contributed by atoms with van der Waals surface area (Å²) in [6.07, 6.45) is 3.25. The van der Waals surface area contributed by atoms with Gasteiger partial charge in [0.15, 0.2) is 0 Å². The second-order valence-electron chi connectivity index (χ2n) is 6.64. The van der Waals surface area contributed by atoms with E-state index in [0.717, 1.165) is 19.3 Å². The lowest BCUT2D eigenvalue weighted by molar-refractivity contribution is -0.142. The van der Waals surface area contributed by atoms with E-state index in [1.807, 2.05) is 0 Å². The summed E-state index contributed by atoms with van der Waals surface area (Å²) in [4.78, 5) is 11.6. The van der Waals surface area contributed by atoms with E-state index in [0.29, 0.717) is 11.8 Å². The van der Waals surface area contributed by atoms with Gasteiger partial charge in [-0.3, -0.25) is 4.79 Å². The molecule has 2 rings (SSSR count). The van der Waals surface area contributed by atoms with Crippen molar-refractivity contribution in [1.82, 2.24) is 0 Å². The molecule has 1 aliphatic carbocycles. The molecule has 1 aliphatic rings. The summed E-state index contributed by atoms with van der Waals surface area (Å²) in [5.41, 5.74) is 7.14. The lowest BCUT2D eigenvalue weighted by Crippen LogP contribution is -2.09. The van der Waals surface area contributed by atoms with Crippen molar-refractivity contribution in [2.24, 2.45) is 11.8 Å². The first-order chi connectivity index (χ1) is 9.90. The highest BCUT2D eigenvalue weighted by Gasteiger charge is 2.44. The van der Waals surface area contributed by atoms with Crippen LogP contribution in [0.25, 0.3) is 0 Å². The van der Waals surface area contributed by atoms with Gasteiger partial charge in [0.2, 0.25) is 0 Å². The second kappa shape index (κ2) is 6.21. The summed E-state index contributed by atoms with van der Waals surface area (Å²) in [6, 6.07) is 2.29. The molecule has 1 aromatic rings. The molecule has 0 saturated heterocycles. The molecule has 1 aromatic carbocycles. The van der Waals surface area contributed by atoms with Crippen LogP contribution in [0.2, 0.25) is 0 Å². The van der Waals surface area contributed by atoms with Crippen molar-refractivity contribution in [2.75, 3.05) is 7.11 Å². The number of carbonyl (C=O) groups excluding carboxylic acids is 1. The first-order valence-electron chi connectivity index (χ1n) is 8.05. The van der Waals surface area contributed by atoms with Crippen molar-refractivity contribution in [1.29, 1.82) is 0 Å². The Morgan fingerprint density at radius 3 is 2.29 bits per heavy atom. The first-order valence-corrected chi connectivity index (χ1v) is 8.05. The van der Waals surface area contributed by atoms with Crippen LogP contribution in [0.15, 0.2) is 6.07 Å². The Labute approximate surface area is 128 Å². The van der Waals surface area contributed by atoms with Crippen molar-refractivity contribution in [3.63, 3.8) is 0 Å². The van der Waals surface area contributed by atoms with E-state index in [-0.39, 0.29) is 11.9 Å². The number of benzene rings is 1. The standard InChI is InChI=1S/C19H28O2/c1-7-15(9-16-10-17(16)19(20)21-6)18-13(4)11(2)8-12(3)14(18)5/h8,15-17H,7,9-10H2,1-6H3. The van der Waals surface area contributed by atoms with Crippen LogP contribution >= 0.6 is 0 Å². The molecule has 3 atom stereocenters. The zero-order chi connectivity index (χ0) is 15.7. The highest BCUT2D eigenvalue weighted by atomic mass is 16.5. The monoisotopic (exact) mass is 288 g/mol. The maximum Gasteiger partial charge on any atom is 0.308 e. The Bertz CT molecular complexity index is 519. The molecule has 0 heterocycles. The van der Waals surface area contributed by atoms with Crippen molar-refractivity contribution in [3.8, 4) is 0 Å². The lowest BCUT2D eigenvalue weighted by atomic mass is 9.82. The van der Waals surface area contributed by atoms with Crippen molar-refractivity contribution >= 4 is 5.97 Å². The molecule has 0 spiro atoms. The molecule has 1 fully saturated rings. The minimum Gasteiger partial charge on any atom is -0.469 e. The van der Waals surface area contributed by atoms with Crippen LogP contribution in [-0.2, 0) is 9.53 Å². The fourth-order valence-corrected chi connectivity index (χ4v) is 3.66. The van der Waals surface area contributed by atoms with E-state index in [9.17, 15) is 4.79 Å². The van der Waals surface area contributed by atoms with Gasteiger partial charge in [0, 0.05) is 0 Å². The maximum absolute atomic E-state index is 11.6. The molecule has 0 N–H and O–H groups in total. The van der Waals surface area contributed by atoms with E-state index < -0.39 is 0 Å². The van der Waals surface area contributed by atoms with E-state index in [4.69, 9.17) is 4.74 Å². The van der Waals surface area contributed by atoms with Crippen molar-refractivity contribution in [2.45, 2.75) is 59.8 Å². The third kappa shape index (κ3) is 3.14. The summed E-state index contributed by atoms with van der Waals surface area (Å²) in [5, 5.41) is 0. The minimum atomic E-state index is -0.0243. The van der Waals surface area contributed by atoms with Gasteiger partial charge in [-0.1, -0.05) is 13.0 Å². The SMILES string of the molecule is CCC(CC1CC1C(=O)OC)c1c(C)c(C)cc(C)c1C. The zero-order valence-corrected chi connectivity index (χ0v) is 14.2. The van der Waals surface area contributed by atoms with Crippen molar-refractivity contribution < 1.29 is 9.53 Å². The number of hydrogen-bond acceptors (Lipinski definition) is 2. The third-order valence-electron chi connectivity index (χ3n) is 5.34. The van der Waals surface area contributed by atoms with Gasteiger partial charge in [0.05, 0.1) is 13.0 Å². The summed E-state index contributed by atoms with van der Waals surface area (Å²) in [5.74, 6) is 1.20. The Morgan fingerprint density at radius 2 is 1.81 bits per heavy atom. The van der Waals surface area contributed by atoms with Crippen LogP contribution in [0.1, 0.15) is 59.9 Å². The minimum absolute atomic E-state index is 0.0243. The summed E-state index contributed by atoms with van der Waals surface area (Å²) in [6.45, 7) is 11.1. The van der Waals surface area contributed by atoms with E-state index in [2.05, 4.69) is 40.7 Å². The first kappa shape index (κ1) is 16.1. The Hall–Kier alpha value is -1.31. The number of hydrogen-bond donors (Lipinski definition) is 0. The fraction of sp³-hybridized carbons (Fsp3) is 0.632. The molecule has 0 amide bonds. The van der Waals surface area contributed by atoms with Gasteiger partial charge in [-0.05, 0) is 86.6 Å². The number of esters is 1. The van der Waals surface area contributed by atoms with Gasteiger partial charge in [0.25, 0.3) is 0 Å². The van der Waals surface area contributed by atoms with Gasteiger partial charge < -0.3 is 4.74 Å². The summed E-state index contributed by atoms with van der Waals surface area (Å²) >= 11 is 0. The molecule has 116 valence electrons. The van der Waals surface area contributed by atoms with Crippen LogP contribution in [0.3, 0.4) is 0 Å². The Balaban J connectivity index is 2.22. The molecule has 0 aromatic heterocycles. The second-order valence-corrected chi connectivity index (χ2v) is 6.64. The van der Waals surface area contributed by atoms with Crippen LogP contribution in [0.4, 0.5) is 0 Å². The van der Waals surface area contributed by atoms with Crippen LogP contribution in [-0.4, -0.2) is 13.1 Å². The average molecular weight is 288 g/mol. The van der Waals surface area contributed by atoms with E-state index >= 15 is 0 Å². The molecule has 0 bridgehead atoms.